The predicted molar refractivity (Wildman–Crippen MR) is 36.5 cm³/mol. The van der Waals surface area contributed by atoms with Crippen LogP contribution >= 0.6 is 0 Å². The minimum atomic E-state index is 1.27. The van der Waals surface area contributed by atoms with Crippen LogP contribution in [0.15, 0.2) is 0 Å². The van der Waals surface area contributed by atoms with Crippen LogP contribution in [0.3, 0.4) is 0 Å². The van der Waals surface area contributed by atoms with Gasteiger partial charge in [0, 0.05) is 0 Å². The van der Waals surface area contributed by atoms with E-state index in [0.29, 0.717) is 0 Å². The summed E-state index contributed by atoms with van der Waals surface area (Å²) in [5, 5.41) is 1.44. The first-order chi connectivity index (χ1) is 3.27. The van der Waals surface area contributed by atoms with Gasteiger partial charge < -0.3 is 4.90 Å². The van der Waals surface area contributed by atoms with Gasteiger partial charge in [-0.2, -0.15) is 0 Å². The Balaban J connectivity index is 2.68. The Bertz CT molecular complexity index is 37.1. The molecule has 7 heavy (non-hydrogen) atoms. The zero-order valence-electron chi connectivity index (χ0n) is 5.57. The van der Waals surface area contributed by atoms with Crippen molar-refractivity contribution in [2.45, 2.75) is 11.7 Å². The summed E-state index contributed by atoms with van der Waals surface area (Å²) < 4.78 is 0. The van der Waals surface area contributed by atoms with Crippen LogP contribution in [0.4, 0.5) is 0 Å². The highest BCUT2D eigenvalue weighted by atomic mass is 27.0. The summed E-state index contributed by atoms with van der Waals surface area (Å²) in [6, 6.07) is 0. The van der Waals surface area contributed by atoms with E-state index >= 15 is 0 Å². The van der Waals surface area contributed by atoms with E-state index < -0.39 is 0 Å². The average molecular weight is 115 g/mol. The summed E-state index contributed by atoms with van der Waals surface area (Å²) in [5.74, 6) is 0. The average Bonchev–Trinajstić information content (AvgIpc) is 1.61. The molecule has 0 aromatic rings. The Hall–Kier alpha value is 0.492. The molecule has 0 aliphatic rings. The van der Waals surface area contributed by atoms with Crippen molar-refractivity contribution in [3.63, 3.8) is 0 Å². The lowest BCUT2D eigenvalue weighted by Crippen LogP contribution is -2.12. The number of nitrogens with zero attached hydrogens (tertiary/aromatic N) is 1. The Labute approximate surface area is 54.1 Å². The fourth-order valence-corrected chi connectivity index (χ4v) is 0.791. The van der Waals surface area contributed by atoms with Gasteiger partial charge in [-0.3, -0.25) is 0 Å². The van der Waals surface area contributed by atoms with Crippen LogP contribution < -0.4 is 0 Å². The van der Waals surface area contributed by atoms with Crippen LogP contribution in [-0.4, -0.2) is 41.8 Å². The smallest absolute Gasteiger partial charge is 0.211 e. The molecule has 0 aromatic heterocycles. The third kappa shape index (κ3) is 6.49. The molecule has 2 heteroatoms. The minimum absolute atomic E-state index is 1.27. The van der Waals surface area contributed by atoms with Gasteiger partial charge in [0.05, 0.1) is 0 Å². The zero-order valence-corrected chi connectivity index (χ0v) is 7.57. The van der Waals surface area contributed by atoms with Crippen molar-refractivity contribution >= 4 is 16.3 Å². The first-order valence-corrected chi connectivity index (χ1v) is 4.33. The summed E-state index contributed by atoms with van der Waals surface area (Å²) >= 11 is 1.37. The lowest BCUT2D eigenvalue weighted by molar-refractivity contribution is 0.408. The maximum absolute atomic E-state index is 2.23. The highest BCUT2D eigenvalue weighted by molar-refractivity contribution is 6.08. The molecule has 0 amide bonds. The van der Waals surface area contributed by atoms with Gasteiger partial charge in [0.25, 0.3) is 0 Å². The molecule has 0 bridgehead atoms. The highest BCUT2D eigenvalue weighted by Gasteiger charge is 1.84. The topological polar surface area (TPSA) is 3.24 Å². The molecule has 0 heterocycles. The van der Waals surface area contributed by atoms with E-state index in [1.807, 2.05) is 0 Å². The second-order valence-corrected chi connectivity index (χ2v) is 3.16. The van der Waals surface area contributed by atoms with E-state index in [1.165, 1.54) is 34.5 Å². The lowest BCUT2D eigenvalue weighted by Gasteiger charge is -2.05. The summed E-state index contributed by atoms with van der Waals surface area (Å²) in [6.45, 7) is 1.27. The van der Waals surface area contributed by atoms with Crippen molar-refractivity contribution in [3.8, 4) is 0 Å². The first kappa shape index (κ1) is 7.49. The highest BCUT2D eigenvalue weighted by Crippen LogP contribution is 1.84. The zero-order chi connectivity index (χ0) is 5.70. The summed E-state index contributed by atoms with van der Waals surface area (Å²) in [5.41, 5.74) is 0. The first-order valence-electron chi connectivity index (χ1n) is 2.92. The predicted octanol–water partition coefficient (Wildman–Crippen LogP) is -0.0105. The van der Waals surface area contributed by atoms with E-state index in [0.717, 1.165) is 0 Å². The number of hydrogen-bond donors (Lipinski definition) is 0. The molecule has 1 nitrogen and oxygen atoms in total. The van der Waals surface area contributed by atoms with E-state index in [2.05, 4.69) is 19.0 Å². The fraction of sp³-hybridized carbons (Fsp3) is 1.00. The molecule has 0 rings (SSSR count). The van der Waals surface area contributed by atoms with Gasteiger partial charge in [0.2, 0.25) is 16.3 Å². The Morgan fingerprint density at radius 2 is 2.00 bits per heavy atom. The van der Waals surface area contributed by atoms with Gasteiger partial charge in [0.15, 0.2) is 0 Å². The van der Waals surface area contributed by atoms with Crippen LogP contribution in [0.2, 0.25) is 5.28 Å². The van der Waals surface area contributed by atoms with Crippen LogP contribution in [0.25, 0.3) is 0 Å². The van der Waals surface area contributed by atoms with Gasteiger partial charge in [-0.1, -0.05) is 11.7 Å². The molecule has 0 fully saturated rings. The van der Waals surface area contributed by atoms with Crippen LogP contribution in [0.5, 0.6) is 0 Å². The van der Waals surface area contributed by atoms with E-state index in [1.54, 1.807) is 0 Å². The molecule has 0 N–H and O–H groups in total. The molecule has 42 valence electrons. The van der Waals surface area contributed by atoms with E-state index in [4.69, 9.17) is 0 Å². The number of rotatable bonds is 3. The standard InChI is InChI=1S/C5H12N.Al.2H/c1-4-5-6(2)3;;;/h1,4-5H2,2-3H3;;;. The lowest BCUT2D eigenvalue weighted by atomic mass is 10.5. The van der Waals surface area contributed by atoms with Crippen LogP contribution in [0.1, 0.15) is 6.42 Å². The maximum Gasteiger partial charge on any atom is 0.211 e. The van der Waals surface area contributed by atoms with E-state index in [-0.39, 0.29) is 0 Å². The SMILES string of the molecule is CN(C)CC[CH2][AlH2]. The van der Waals surface area contributed by atoms with Crippen molar-refractivity contribution < 1.29 is 0 Å². The monoisotopic (exact) mass is 115 g/mol. The molecular formula is C5H14AlN. The summed E-state index contributed by atoms with van der Waals surface area (Å²) in [6.07, 6.45) is 1.39. The molecule has 0 unspecified atom stereocenters. The van der Waals surface area contributed by atoms with Crippen molar-refractivity contribution in [1.29, 1.82) is 0 Å². The third-order valence-electron chi connectivity index (χ3n) is 0.959. The Morgan fingerprint density at radius 1 is 1.43 bits per heavy atom. The maximum atomic E-state index is 2.23. The van der Waals surface area contributed by atoms with Gasteiger partial charge in [0.1, 0.15) is 0 Å². The van der Waals surface area contributed by atoms with Gasteiger partial charge in [-0.15, -0.1) is 0 Å². The minimum Gasteiger partial charge on any atom is -0.309 e. The van der Waals surface area contributed by atoms with Gasteiger partial charge >= 0.3 is 0 Å². The second-order valence-electron chi connectivity index (χ2n) is 2.16. The largest absolute Gasteiger partial charge is 0.309 e. The molecule has 0 spiro atoms. The van der Waals surface area contributed by atoms with Crippen molar-refractivity contribution in [2.75, 3.05) is 20.6 Å². The van der Waals surface area contributed by atoms with Crippen molar-refractivity contribution in [1.82, 2.24) is 4.90 Å². The molecule has 0 saturated heterocycles. The quantitative estimate of drug-likeness (QED) is 0.468. The van der Waals surface area contributed by atoms with Crippen LogP contribution in [-0.2, 0) is 0 Å². The molecule has 0 saturated carbocycles. The third-order valence-corrected chi connectivity index (χ3v) is 1.67. The van der Waals surface area contributed by atoms with Gasteiger partial charge in [-0.05, 0) is 20.6 Å². The van der Waals surface area contributed by atoms with E-state index in [9.17, 15) is 0 Å². The molecule has 0 aliphatic carbocycles. The van der Waals surface area contributed by atoms with Gasteiger partial charge in [-0.25, -0.2) is 0 Å². The molecule has 0 aliphatic heterocycles. The second kappa shape index (κ2) is 4.65. The molecular weight excluding hydrogens is 101 g/mol. The van der Waals surface area contributed by atoms with Crippen molar-refractivity contribution in [3.05, 3.63) is 0 Å². The summed E-state index contributed by atoms with van der Waals surface area (Å²) in [4.78, 5) is 2.23. The molecule has 0 aromatic carbocycles. The fourth-order valence-electron chi connectivity index (χ4n) is 0.474. The number of hydrogen-bond acceptors (Lipinski definition) is 1. The normalized spacial score (nSPS) is 10.1. The van der Waals surface area contributed by atoms with Crippen LogP contribution in [0, 0.1) is 0 Å². The summed E-state index contributed by atoms with van der Waals surface area (Å²) in [7, 11) is 4.24. The van der Waals surface area contributed by atoms with Crippen molar-refractivity contribution in [2.24, 2.45) is 0 Å². The molecule has 0 atom stereocenters. The Morgan fingerprint density at radius 3 is 2.14 bits per heavy atom. The Kier molecular flexibility index (Phi) is 4.97. The molecule has 0 radical (unpaired) electrons.